The lowest BCUT2D eigenvalue weighted by molar-refractivity contribution is -0.895. The molecule has 1 saturated heterocycles. The lowest BCUT2D eigenvalue weighted by Crippen LogP contribution is -3.15. The molecule has 2 aromatic rings. The maximum atomic E-state index is 12.8. The first kappa shape index (κ1) is 21.2. The number of hydrogen-bond donors (Lipinski definition) is 2. The fourth-order valence-electron chi connectivity index (χ4n) is 3.24. The number of benzene rings is 2. The van der Waals surface area contributed by atoms with Crippen LogP contribution < -0.4 is 10.3 Å². The Morgan fingerprint density at radius 3 is 2.31 bits per heavy atom. The van der Waals surface area contributed by atoms with E-state index in [-0.39, 0.29) is 12.5 Å². The monoisotopic (exact) mass is 415 g/mol. The highest BCUT2D eigenvalue weighted by Gasteiger charge is 2.31. The summed E-state index contributed by atoms with van der Waals surface area (Å²) in [5.41, 5.74) is 5.31. The van der Waals surface area contributed by atoms with Crippen LogP contribution in [0.5, 0.6) is 0 Å². The fourth-order valence-corrected chi connectivity index (χ4v) is 4.68. The van der Waals surface area contributed by atoms with Crippen molar-refractivity contribution in [3.63, 3.8) is 0 Å². The predicted octanol–water partition coefficient (Wildman–Crippen LogP) is 0.425. The second-order valence-corrected chi connectivity index (χ2v) is 9.18. The summed E-state index contributed by atoms with van der Waals surface area (Å²) >= 11 is 0. The van der Waals surface area contributed by atoms with Gasteiger partial charge in [-0.15, -0.1) is 0 Å². The lowest BCUT2D eigenvalue weighted by Gasteiger charge is -2.31. The highest BCUT2D eigenvalue weighted by molar-refractivity contribution is 7.89. The van der Waals surface area contributed by atoms with Crippen LogP contribution in [0.2, 0.25) is 0 Å². The third-order valence-corrected chi connectivity index (χ3v) is 6.95. The highest BCUT2D eigenvalue weighted by Crippen LogP contribution is 2.16. The van der Waals surface area contributed by atoms with E-state index >= 15 is 0 Å². The largest absolute Gasteiger partial charge is 0.325 e. The molecule has 0 atom stereocenters. The number of amides is 1. The molecule has 3 rings (SSSR count). The number of piperazine rings is 1. The summed E-state index contributed by atoms with van der Waals surface area (Å²) in [4.78, 5) is 13.6. The van der Waals surface area contributed by atoms with Gasteiger partial charge in [-0.2, -0.15) is 9.41 Å². The summed E-state index contributed by atoms with van der Waals surface area (Å²) in [5, 5.41) is 4.16. The van der Waals surface area contributed by atoms with Crippen LogP contribution in [0, 0.1) is 6.92 Å². The fraction of sp³-hybridized carbons (Fsp3) is 0.333. The number of nitrogens with zero attached hydrogens (tertiary/aromatic N) is 2. The molecule has 2 N–H and O–H groups in total. The Morgan fingerprint density at radius 1 is 1.07 bits per heavy atom. The molecule has 1 heterocycles. The van der Waals surface area contributed by atoms with Crippen LogP contribution in [0.25, 0.3) is 0 Å². The van der Waals surface area contributed by atoms with Crippen LogP contribution in [-0.4, -0.2) is 57.1 Å². The van der Waals surface area contributed by atoms with Gasteiger partial charge in [-0.3, -0.25) is 4.79 Å². The quantitative estimate of drug-likeness (QED) is 0.530. The van der Waals surface area contributed by atoms with Crippen LogP contribution in [0.15, 0.2) is 64.6 Å². The van der Waals surface area contributed by atoms with E-state index in [0.717, 1.165) is 21.7 Å². The summed E-state index contributed by atoms with van der Waals surface area (Å²) in [6.45, 7) is 5.99. The van der Waals surface area contributed by atoms with Gasteiger partial charge in [0.05, 0.1) is 36.8 Å². The minimum absolute atomic E-state index is 0.176. The van der Waals surface area contributed by atoms with Gasteiger partial charge in [-0.05, 0) is 31.5 Å². The van der Waals surface area contributed by atoms with Gasteiger partial charge < -0.3 is 4.90 Å². The van der Waals surface area contributed by atoms with Crippen molar-refractivity contribution in [2.45, 2.75) is 18.7 Å². The van der Waals surface area contributed by atoms with Crippen LogP contribution in [-0.2, 0) is 14.8 Å². The molecular formula is C21H27N4O3S+. The third-order valence-electron chi connectivity index (χ3n) is 5.04. The first-order valence-electron chi connectivity index (χ1n) is 9.65. The molecule has 0 bridgehead atoms. The Bertz CT molecular complexity index is 965. The van der Waals surface area contributed by atoms with Crippen molar-refractivity contribution in [1.29, 1.82) is 0 Å². The molecule has 1 amide bonds. The Labute approximate surface area is 172 Å². The number of carbonyl (C=O) groups excluding carboxylic acids is 1. The third kappa shape index (κ3) is 5.50. The molecule has 7 nitrogen and oxygen atoms in total. The molecule has 1 fully saturated rings. The zero-order chi connectivity index (χ0) is 20.9. The Kier molecular flexibility index (Phi) is 6.79. The molecule has 0 aromatic heterocycles. The van der Waals surface area contributed by atoms with E-state index in [4.69, 9.17) is 0 Å². The van der Waals surface area contributed by atoms with Gasteiger partial charge in [0.15, 0.2) is 6.54 Å². The standard InChI is InChI=1S/C21H26N4O3S/c1-17-8-10-20(11-9-17)29(27,28)25-14-12-24(13-15-25)16-21(26)23-22-18(2)19-6-4-3-5-7-19/h3-11H,12-16H2,1-2H3,(H,23,26)/p+1/b22-18+. The molecular weight excluding hydrogens is 388 g/mol. The van der Waals surface area contributed by atoms with Gasteiger partial charge in [0.2, 0.25) is 10.0 Å². The van der Waals surface area contributed by atoms with Crippen LogP contribution >= 0.6 is 0 Å². The van der Waals surface area contributed by atoms with Crippen LogP contribution in [0.1, 0.15) is 18.1 Å². The topological polar surface area (TPSA) is 83.3 Å². The van der Waals surface area contributed by atoms with Crippen molar-refractivity contribution in [3.8, 4) is 0 Å². The SMILES string of the molecule is C/C(=N\NC(=O)C[NH+]1CCN(S(=O)(=O)c2ccc(C)cc2)CC1)c1ccccc1. The second-order valence-electron chi connectivity index (χ2n) is 7.24. The van der Waals surface area contributed by atoms with E-state index in [1.54, 1.807) is 24.3 Å². The molecule has 2 aromatic carbocycles. The van der Waals surface area contributed by atoms with E-state index in [0.29, 0.717) is 31.1 Å². The van der Waals surface area contributed by atoms with Crippen LogP contribution in [0.3, 0.4) is 0 Å². The molecule has 0 radical (unpaired) electrons. The Balaban J connectivity index is 1.50. The van der Waals surface area contributed by atoms with E-state index in [1.807, 2.05) is 44.2 Å². The van der Waals surface area contributed by atoms with E-state index < -0.39 is 10.0 Å². The predicted molar refractivity (Wildman–Crippen MR) is 112 cm³/mol. The number of hydrazone groups is 1. The highest BCUT2D eigenvalue weighted by atomic mass is 32.2. The summed E-state index contributed by atoms with van der Waals surface area (Å²) < 4.78 is 27.0. The van der Waals surface area contributed by atoms with Gasteiger partial charge >= 0.3 is 0 Å². The summed E-state index contributed by atoms with van der Waals surface area (Å²) in [6.07, 6.45) is 0. The molecule has 0 spiro atoms. The summed E-state index contributed by atoms with van der Waals surface area (Å²) in [7, 11) is -3.49. The second kappa shape index (κ2) is 9.30. The van der Waals surface area contributed by atoms with Crippen molar-refractivity contribution in [2.75, 3.05) is 32.7 Å². The van der Waals surface area contributed by atoms with Crippen molar-refractivity contribution >= 4 is 21.6 Å². The van der Waals surface area contributed by atoms with Crippen LogP contribution in [0.4, 0.5) is 0 Å². The number of quaternary nitrogens is 1. The smallest absolute Gasteiger partial charge is 0.295 e. The Hall–Kier alpha value is -2.55. The summed E-state index contributed by atoms with van der Waals surface area (Å²) in [5.74, 6) is -0.176. The van der Waals surface area contributed by atoms with E-state index in [1.165, 1.54) is 4.31 Å². The van der Waals surface area contributed by atoms with Crippen molar-refractivity contribution in [3.05, 3.63) is 65.7 Å². The van der Waals surface area contributed by atoms with Gasteiger partial charge in [0, 0.05) is 0 Å². The molecule has 1 aliphatic rings. The molecule has 154 valence electrons. The minimum Gasteiger partial charge on any atom is -0.325 e. The van der Waals surface area contributed by atoms with Crippen molar-refractivity contribution in [2.24, 2.45) is 5.10 Å². The molecule has 8 heteroatoms. The number of sulfonamides is 1. The van der Waals surface area contributed by atoms with Gasteiger partial charge in [-0.1, -0.05) is 48.0 Å². The number of hydrogen-bond acceptors (Lipinski definition) is 4. The number of aryl methyl sites for hydroxylation is 1. The number of rotatable bonds is 6. The van der Waals surface area contributed by atoms with E-state index in [9.17, 15) is 13.2 Å². The zero-order valence-corrected chi connectivity index (χ0v) is 17.6. The molecule has 1 aliphatic heterocycles. The molecule has 0 unspecified atom stereocenters. The normalized spacial score (nSPS) is 16.6. The average Bonchev–Trinajstić information content (AvgIpc) is 2.73. The first-order valence-corrected chi connectivity index (χ1v) is 11.1. The van der Waals surface area contributed by atoms with Gasteiger partial charge in [-0.25, -0.2) is 13.8 Å². The summed E-state index contributed by atoms with van der Waals surface area (Å²) in [6, 6.07) is 16.5. The number of carbonyl (C=O) groups is 1. The first-order chi connectivity index (χ1) is 13.9. The molecule has 0 saturated carbocycles. The minimum atomic E-state index is -3.49. The van der Waals surface area contributed by atoms with Gasteiger partial charge in [0.25, 0.3) is 5.91 Å². The number of nitrogens with one attached hydrogen (secondary N) is 2. The average molecular weight is 416 g/mol. The van der Waals surface area contributed by atoms with E-state index in [2.05, 4.69) is 10.5 Å². The zero-order valence-electron chi connectivity index (χ0n) is 16.8. The lowest BCUT2D eigenvalue weighted by atomic mass is 10.1. The van der Waals surface area contributed by atoms with Crippen molar-refractivity contribution in [1.82, 2.24) is 9.73 Å². The maximum Gasteiger partial charge on any atom is 0.295 e. The molecule has 29 heavy (non-hydrogen) atoms. The Morgan fingerprint density at radius 2 is 1.69 bits per heavy atom. The van der Waals surface area contributed by atoms with Crippen molar-refractivity contribution < 1.29 is 18.1 Å². The van der Waals surface area contributed by atoms with Gasteiger partial charge in [0.1, 0.15) is 0 Å². The maximum absolute atomic E-state index is 12.8. The molecule has 0 aliphatic carbocycles.